The fourth-order valence-electron chi connectivity index (χ4n) is 1.22. The van der Waals surface area contributed by atoms with Crippen LogP contribution in [-0.2, 0) is 23.7 Å². The van der Waals surface area contributed by atoms with Gasteiger partial charge in [-0.3, -0.25) is 0 Å². The Morgan fingerprint density at radius 2 is 1.25 bits per heavy atom. The normalized spacial score (nSPS) is 12.2. The van der Waals surface area contributed by atoms with E-state index in [0.29, 0.717) is 65.6 Å². The summed E-state index contributed by atoms with van der Waals surface area (Å²) in [4.78, 5) is 0. The molecule has 118 valence electrons. The molecule has 0 N–H and O–H groups in total. The smallest absolute Gasteiger partial charge is 0.107 e. The maximum atomic E-state index is 5.48. The second kappa shape index (κ2) is 16.4. The minimum atomic E-state index is 0.302. The maximum Gasteiger partial charge on any atom is 0.107 e. The lowest BCUT2D eigenvalue weighted by Gasteiger charge is -2.10. The monoisotopic (exact) mass is 288 g/mol. The van der Waals surface area contributed by atoms with Gasteiger partial charge < -0.3 is 23.7 Å². The third-order valence-corrected chi connectivity index (χ3v) is 2.51. The molecule has 0 aromatic rings. The van der Waals surface area contributed by atoms with Crippen LogP contribution in [-0.4, -0.2) is 65.6 Å². The Balaban J connectivity index is 2.98. The van der Waals surface area contributed by atoms with Crippen molar-refractivity contribution < 1.29 is 23.7 Å². The molecule has 20 heavy (non-hydrogen) atoms. The van der Waals surface area contributed by atoms with E-state index in [9.17, 15) is 0 Å². The Bertz CT molecular complexity index is 227. The lowest BCUT2D eigenvalue weighted by Crippen LogP contribution is -2.15. The number of hydrogen-bond donors (Lipinski definition) is 0. The van der Waals surface area contributed by atoms with E-state index in [1.165, 1.54) is 0 Å². The van der Waals surface area contributed by atoms with Crippen LogP contribution in [0.4, 0.5) is 0 Å². The van der Waals surface area contributed by atoms with Crippen LogP contribution in [0.15, 0.2) is 0 Å². The predicted molar refractivity (Wildman–Crippen MR) is 77.8 cm³/mol. The third kappa shape index (κ3) is 15.4. The maximum absolute atomic E-state index is 5.48. The highest BCUT2D eigenvalue weighted by Gasteiger charge is 1.97. The molecular weight excluding hydrogens is 260 g/mol. The molecule has 0 aliphatic heterocycles. The summed E-state index contributed by atoms with van der Waals surface area (Å²) in [7, 11) is 0. The van der Waals surface area contributed by atoms with Gasteiger partial charge in [0.05, 0.1) is 59.0 Å². The van der Waals surface area contributed by atoms with Crippen molar-refractivity contribution in [1.82, 2.24) is 0 Å². The second-order valence-corrected chi connectivity index (χ2v) is 4.18. The Labute approximate surface area is 122 Å². The fraction of sp³-hybridized carbons (Fsp3) is 0.867. The standard InChI is InChI=1S/C15H28O5/c1-4-6-16-7-8-17-9-10-18-11-12-19-13-14-20-15(3)5-2/h1,15H,5-14H2,2-3H3. The molecule has 1 atom stereocenters. The number of ether oxygens (including phenoxy) is 5. The van der Waals surface area contributed by atoms with Crippen molar-refractivity contribution in [2.45, 2.75) is 26.4 Å². The predicted octanol–water partition coefficient (Wildman–Crippen LogP) is 1.50. The van der Waals surface area contributed by atoms with Crippen molar-refractivity contribution in [3.63, 3.8) is 0 Å². The van der Waals surface area contributed by atoms with Gasteiger partial charge in [-0.1, -0.05) is 12.8 Å². The van der Waals surface area contributed by atoms with Gasteiger partial charge in [-0.25, -0.2) is 0 Å². The van der Waals surface area contributed by atoms with Gasteiger partial charge in [0.1, 0.15) is 6.61 Å². The molecular formula is C15H28O5. The molecule has 1 unspecified atom stereocenters. The molecule has 0 saturated carbocycles. The summed E-state index contributed by atoms with van der Waals surface area (Å²) in [5, 5.41) is 0. The molecule has 0 amide bonds. The molecule has 0 aliphatic carbocycles. The minimum absolute atomic E-state index is 0.302. The summed E-state index contributed by atoms with van der Waals surface area (Å²) in [5.74, 6) is 2.39. The van der Waals surface area contributed by atoms with E-state index >= 15 is 0 Å². The first kappa shape index (κ1) is 19.4. The average Bonchev–Trinajstić information content (AvgIpc) is 2.47. The van der Waals surface area contributed by atoms with Crippen molar-refractivity contribution in [1.29, 1.82) is 0 Å². The molecule has 0 heterocycles. The molecule has 0 spiro atoms. The highest BCUT2D eigenvalue weighted by atomic mass is 16.6. The molecule has 0 aromatic heterocycles. The zero-order chi connectivity index (χ0) is 14.9. The van der Waals surface area contributed by atoms with Gasteiger partial charge in [-0.2, -0.15) is 0 Å². The zero-order valence-electron chi connectivity index (χ0n) is 12.8. The van der Waals surface area contributed by atoms with Crippen molar-refractivity contribution >= 4 is 0 Å². The van der Waals surface area contributed by atoms with Crippen LogP contribution < -0.4 is 0 Å². The summed E-state index contributed by atoms with van der Waals surface area (Å²) < 4.78 is 26.5. The van der Waals surface area contributed by atoms with Gasteiger partial charge in [0, 0.05) is 0 Å². The van der Waals surface area contributed by atoms with Gasteiger partial charge in [-0.05, 0) is 13.3 Å². The van der Waals surface area contributed by atoms with Gasteiger partial charge in [0.2, 0.25) is 0 Å². The fourth-order valence-corrected chi connectivity index (χ4v) is 1.22. The Morgan fingerprint density at radius 3 is 1.70 bits per heavy atom. The summed E-state index contributed by atoms with van der Waals surface area (Å²) >= 11 is 0. The van der Waals surface area contributed by atoms with Crippen LogP contribution in [0, 0.1) is 12.3 Å². The van der Waals surface area contributed by atoms with E-state index in [4.69, 9.17) is 30.1 Å². The molecule has 0 aromatic carbocycles. The van der Waals surface area contributed by atoms with E-state index in [1.54, 1.807) is 0 Å². The molecule has 0 bridgehead atoms. The Kier molecular flexibility index (Phi) is 15.9. The third-order valence-electron chi connectivity index (χ3n) is 2.51. The Hall–Kier alpha value is -0.640. The summed E-state index contributed by atoms with van der Waals surface area (Å²) in [6.07, 6.45) is 6.36. The molecule has 0 aliphatic rings. The first-order valence-electron chi connectivity index (χ1n) is 7.17. The molecule has 0 fully saturated rings. The molecule has 5 nitrogen and oxygen atoms in total. The largest absolute Gasteiger partial charge is 0.377 e. The Morgan fingerprint density at radius 1 is 0.800 bits per heavy atom. The van der Waals surface area contributed by atoms with Crippen molar-refractivity contribution in [2.24, 2.45) is 0 Å². The number of rotatable bonds is 15. The van der Waals surface area contributed by atoms with Gasteiger partial charge in [0.15, 0.2) is 0 Å². The van der Waals surface area contributed by atoms with Crippen LogP contribution in [0.2, 0.25) is 0 Å². The lowest BCUT2D eigenvalue weighted by atomic mass is 10.3. The zero-order valence-corrected chi connectivity index (χ0v) is 12.8. The molecule has 5 heteroatoms. The first-order valence-corrected chi connectivity index (χ1v) is 7.17. The molecule has 0 rings (SSSR count). The van der Waals surface area contributed by atoms with E-state index in [-0.39, 0.29) is 0 Å². The van der Waals surface area contributed by atoms with Crippen molar-refractivity contribution in [3.8, 4) is 12.3 Å². The minimum Gasteiger partial charge on any atom is -0.377 e. The summed E-state index contributed by atoms with van der Waals surface area (Å²) in [5.41, 5.74) is 0. The SMILES string of the molecule is C#CCOCCOCCOCCOCCOC(C)CC. The molecule has 0 radical (unpaired) electrons. The lowest BCUT2D eigenvalue weighted by molar-refractivity contribution is -0.0193. The average molecular weight is 288 g/mol. The number of terminal acetylenes is 1. The number of hydrogen-bond acceptors (Lipinski definition) is 5. The van der Waals surface area contributed by atoms with Gasteiger partial charge in [0.25, 0.3) is 0 Å². The topological polar surface area (TPSA) is 46.2 Å². The van der Waals surface area contributed by atoms with Crippen LogP contribution >= 0.6 is 0 Å². The van der Waals surface area contributed by atoms with Crippen LogP contribution in [0.25, 0.3) is 0 Å². The van der Waals surface area contributed by atoms with E-state index in [1.807, 2.05) is 0 Å². The van der Waals surface area contributed by atoms with Gasteiger partial charge in [-0.15, -0.1) is 6.42 Å². The van der Waals surface area contributed by atoms with E-state index in [2.05, 4.69) is 19.8 Å². The quantitative estimate of drug-likeness (QED) is 0.337. The first-order chi connectivity index (χ1) is 9.81. The van der Waals surface area contributed by atoms with Crippen molar-refractivity contribution in [3.05, 3.63) is 0 Å². The van der Waals surface area contributed by atoms with Gasteiger partial charge >= 0.3 is 0 Å². The summed E-state index contributed by atoms with van der Waals surface area (Å²) in [6.45, 7) is 9.04. The highest BCUT2D eigenvalue weighted by molar-refractivity contribution is 4.82. The molecule has 0 saturated heterocycles. The van der Waals surface area contributed by atoms with Crippen LogP contribution in [0.1, 0.15) is 20.3 Å². The highest BCUT2D eigenvalue weighted by Crippen LogP contribution is 1.94. The van der Waals surface area contributed by atoms with E-state index < -0.39 is 0 Å². The second-order valence-electron chi connectivity index (χ2n) is 4.18. The van der Waals surface area contributed by atoms with Crippen molar-refractivity contribution in [2.75, 3.05) is 59.5 Å². The van der Waals surface area contributed by atoms with E-state index in [0.717, 1.165) is 6.42 Å². The van der Waals surface area contributed by atoms with Crippen LogP contribution in [0.3, 0.4) is 0 Å². The van der Waals surface area contributed by atoms with Crippen LogP contribution in [0.5, 0.6) is 0 Å². The summed E-state index contributed by atoms with van der Waals surface area (Å²) in [6, 6.07) is 0.